The lowest BCUT2D eigenvalue weighted by Crippen LogP contribution is -2.16. The van der Waals surface area contributed by atoms with E-state index in [1.807, 2.05) is 54.6 Å². The predicted octanol–water partition coefficient (Wildman–Crippen LogP) is 5.21. The number of hydrogen-bond donors (Lipinski definition) is 1. The van der Waals surface area contributed by atoms with Crippen molar-refractivity contribution in [1.82, 2.24) is 0 Å². The van der Waals surface area contributed by atoms with Crippen LogP contribution in [0.25, 0.3) is 11.1 Å². The summed E-state index contributed by atoms with van der Waals surface area (Å²) in [5.41, 5.74) is 3.35. The Hall–Kier alpha value is -3.14. The zero-order valence-electron chi connectivity index (χ0n) is 14.5. The second-order valence-electron chi connectivity index (χ2n) is 5.97. The molecule has 0 spiro atoms. The average Bonchev–Trinajstić information content (AvgIpc) is 2.65. The van der Waals surface area contributed by atoms with Crippen molar-refractivity contribution in [2.45, 2.75) is 13.3 Å². The van der Waals surface area contributed by atoms with Gasteiger partial charge in [-0.15, -0.1) is 0 Å². The highest BCUT2D eigenvalue weighted by atomic mass is 19.1. The third-order valence-electron chi connectivity index (χ3n) is 4.02. The van der Waals surface area contributed by atoms with Gasteiger partial charge in [0.25, 0.3) is 0 Å². The maximum atomic E-state index is 13.1. The first kappa shape index (κ1) is 17.7. The number of aryl methyl sites for hydroxylation is 1. The standard InChI is InChI=1S/C22H20FNO2/c1-16-15-18(23)11-12-20(16)24-22(25)13-14-26-21-10-6-5-9-19(21)17-7-3-2-4-8-17/h2-12,15H,13-14H2,1H3,(H,24,25). The van der Waals surface area contributed by atoms with Gasteiger partial charge in [0, 0.05) is 11.3 Å². The van der Waals surface area contributed by atoms with E-state index >= 15 is 0 Å². The van der Waals surface area contributed by atoms with Gasteiger partial charge in [-0.1, -0.05) is 48.5 Å². The van der Waals surface area contributed by atoms with E-state index in [1.165, 1.54) is 12.1 Å². The van der Waals surface area contributed by atoms with Crippen LogP contribution in [0, 0.1) is 12.7 Å². The topological polar surface area (TPSA) is 38.3 Å². The number of benzene rings is 3. The fourth-order valence-corrected chi connectivity index (χ4v) is 2.68. The molecule has 4 heteroatoms. The minimum atomic E-state index is -0.318. The number of para-hydroxylation sites is 1. The molecular formula is C22H20FNO2. The van der Waals surface area contributed by atoms with E-state index in [-0.39, 0.29) is 24.8 Å². The van der Waals surface area contributed by atoms with Crippen molar-refractivity contribution in [2.75, 3.05) is 11.9 Å². The van der Waals surface area contributed by atoms with Crippen LogP contribution in [0.1, 0.15) is 12.0 Å². The maximum Gasteiger partial charge on any atom is 0.227 e. The maximum absolute atomic E-state index is 13.1. The molecule has 0 aliphatic rings. The van der Waals surface area contributed by atoms with E-state index in [9.17, 15) is 9.18 Å². The van der Waals surface area contributed by atoms with Crippen LogP contribution in [-0.4, -0.2) is 12.5 Å². The molecule has 3 nitrogen and oxygen atoms in total. The molecule has 0 heterocycles. The number of nitrogens with one attached hydrogen (secondary N) is 1. The lowest BCUT2D eigenvalue weighted by atomic mass is 10.1. The van der Waals surface area contributed by atoms with Crippen molar-refractivity contribution in [2.24, 2.45) is 0 Å². The first-order chi connectivity index (χ1) is 12.6. The molecule has 3 aromatic carbocycles. The Morgan fingerprint density at radius 3 is 2.50 bits per heavy atom. The monoisotopic (exact) mass is 349 g/mol. The molecule has 1 N–H and O–H groups in total. The molecule has 0 bridgehead atoms. The number of ether oxygens (including phenoxy) is 1. The zero-order valence-corrected chi connectivity index (χ0v) is 14.5. The lowest BCUT2D eigenvalue weighted by molar-refractivity contribution is -0.116. The van der Waals surface area contributed by atoms with E-state index in [0.717, 1.165) is 16.9 Å². The molecule has 0 atom stereocenters. The third kappa shape index (κ3) is 4.48. The van der Waals surface area contributed by atoms with Crippen LogP contribution in [-0.2, 0) is 4.79 Å². The fraction of sp³-hybridized carbons (Fsp3) is 0.136. The van der Waals surface area contributed by atoms with Crippen molar-refractivity contribution >= 4 is 11.6 Å². The Morgan fingerprint density at radius 1 is 1.00 bits per heavy atom. The molecule has 0 aromatic heterocycles. The van der Waals surface area contributed by atoms with Crippen LogP contribution >= 0.6 is 0 Å². The fourth-order valence-electron chi connectivity index (χ4n) is 2.68. The van der Waals surface area contributed by atoms with Gasteiger partial charge in [-0.05, 0) is 42.3 Å². The molecule has 3 aromatic rings. The minimum absolute atomic E-state index is 0.170. The highest BCUT2D eigenvalue weighted by Gasteiger charge is 2.08. The molecule has 132 valence electrons. The lowest BCUT2D eigenvalue weighted by Gasteiger charge is -2.12. The summed E-state index contributed by atoms with van der Waals surface area (Å²) >= 11 is 0. The molecular weight excluding hydrogens is 329 g/mol. The summed E-state index contributed by atoms with van der Waals surface area (Å²) in [5.74, 6) is 0.253. The summed E-state index contributed by atoms with van der Waals surface area (Å²) in [6.45, 7) is 2.02. The molecule has 0 fully saturated rings. The highest BCUT2D eigenvalue weighted by Crippen LogP contribution is 2.29. The molecule has 0 unspecified atom stereocenters. The number of rotatable bonds is 6. The molecule has 0 saturated carbocycles. The van der Waals surface area contributed by atoms with Crippen molar-refractivity contribution in [3.05, 3.63) is 84.2 Å². The Bertz CT molecular complexity index is 894. The van der Waals surface area contributed by atoms with Crippen LogP contribution in [0.3, 0.4) is 0 Å². The SMILES string of the molecule is Cc1cc(F)ccc1NC(=O)CCOc1ccccc1-c1ccccc1. The minimum Gasteiger partial charge on any atom is -0.492 e. The molecule has 0 saturated heterocycles. The van der Waals surface area contributed by atoms with E-state index in [1.54, 1.807) is 13.0 Å². The van der Waals surface area contributed by atoms with E-state index in [2.05, 4.69) is 5.32 Å². The number of anilines is 1. The smallest absolute Gasteiger partial charge is 0.227 e. The van der Waals surface area contributed by atoms with Crippen LogP contribution in [0.2, 0.25) is 0 Å². The summed E-state index contributed by atoms with van der Waals surface area (Å²) in [7, 11) is 0. The highest BCUT2D eigenvalue weighted by molar-refractivity contribution is 5.91. The second kappa shape index (κ2) is 8.30. The largest absolute Gasteiger partial charge is 0.492 e. The van der Waals surface area contributed by atoms with E-state index < -0.39 is 0 Å². The van der Waals surface area contributed by atoms with Crippen molar-refractivity contribution in [3.63, 3.8) is 0 Å². The van der Waals surface area contributed by atoms with Crippen LogP contribution in [0.15, 0.2) is 72.8 Å². The van der Waals surface area contributed by atoms with Crippen molar-refractivity contribution in [1.29, 1.82) is 0 Å². The number of carbonyl (C=O) groups excluding carboxylic acids is 1. The Balaban J connectivity index is 1.59. The van der Waals surface area contributed by atoms with E-state index in [0.29, 0.717) is 11.3 Å². The van der Waals surface area contributed by atoms with Gasteiger partial charge in [0.15, 0.2) is 0 Å². The van der Waals surface area contributed by atoms with Gasteiger partial charge < -0.3 is 10.1 Å². The Labute approximate surface area is 152 Å². The summed E-state index contributed by atoms with van der Waals surface area (Å²) in [4.78, 5) is 12.1. The molecule has 0 radical (unpaired) electrons. The summed E-state index contributed by atoms with van der Waals surface area (Å²) < 4.78 is 18.9. The van der Waals surface area contributed by atoms with E-state index in [4.69, 9.17) is 4.74 Å². The second-order valence-corrected chi connectivity index (χ2v) is 5.97. The van der Waals surface area contributed by atoms with Crippen molar-refractivity contribution < 1.29 is 13.9 Å². The molecule has 3 rings (SSSR count). The van der Waals surface area contributed by atoms with Gasteiger partial charge in [-0.3, -0.25) is 4.79 Å². The first-order valence-electron chi connectivity index (χ1n) is 8.47. The molecule has 0 aliphatic carbocycles. The van der Waals surface area contributed by atoms with Crippen LogP contribution in [0.5, 0.6) is 5.75 Å². The molecule has 1 amide bonds. The van der Waals surface area contributed by atoms with Crippen molar-refractivity contribution in [3.8, 4) is 16.9 Å². The summed E-state index contributed by atoms with van der Waals surface area (Å²) in [6, 6.07) is 22.0. The third-order valence-corrected chi connectivity index (χ3v) is 4.02. The normalized spacial score (nSPS) is 10.4. The molecule has 0 aliphatic heterocycles. The van der Waals surface area contributed by atoms with Crippen LogP contribution in [0.4, 0.5) is 10.1 Å². The van der Waals surface area contributed by atoms with Gasteiger partial charge in [-0.25, -0.2) is 4.39 Å². The zero-order chi connectivity index (χ0) is 18.4. The average molecular weight is 349 g/mol. The number of carbonyl (C=O) groups is 1. The van der Waals surface area contributed by atoms with Crippen LogP contribution < -0.4 is 10.1 Å². The number of amides is 1. The van der Waals surface area contributed by atoms with Gasteiger partial charge in [0.05, 0.1) is 13.0 Å². The first-order valence-corrected chi connectivity index (χ1v) is 8.47. The number of hydrogen-bond acceptors (Lipinski definition) is 2. The predicted molar refractivity (Wildman–Crippen MR) is 102 cm³/mol. The Kier molecular flexibility index (Phi) is 5.64. The quantitative estimate of drug-likeness (QED) is 0.663. The summed E-state index contributed by atoms with van der Waals surface area (Å²) in [6.07, 6.45) is 0.208. The van der Waals surface area contributed by atoms with Gasteiger partial charge in [-0.2, -0.15) is 0 Å². The van der Waals surface area contributed by atoms with Gasteiger partial charge in [0.2, 0.25) is 5.91 Å². The Morgan fingerprint density at radius 2 is 1.73 bits per heavy atom. The van der Waals surface area contributed by atoms with Gasteiger partial charge in [0.1, 0.15) is 11.6 Å². The molecule has 26 heavy (non-hydrogen) atoms. The number of halogens is 1. The van der Waals surface area contributed by atoms with Gasteiger partial charge >= 0.3 is 0 Å². The summed E-state index contributed by atoms with van der Waals surface area (Å²) in [5, 5.41) is 2.78.